The molecule has 1 aliphatic rings. The van der Waals surface area contributed by atoms with Crippen molar-refractivity contribution in [2.75, 3.05) is 39.1 Å². The van der Waals surface area contributed by atoms with Gasteiger partial charge in [0.2, 0.25) is 0 Å². The number of benzene rings is 3. The molecule has 1 unspecified atom stereocenters. The third-order valence-electron chi connectivity index (χ3n) is 5.50. The molecule has 0 radical (unpaired) electrons. The molecule has 0 spiro atoms. The lowest BCUT2D eigenvalue weighted by molar-refractivity contribution is -0.0292. The number of carbonyl (C=O) groups excluding carboxylic acids is 1. The Bertz CT molecular complexity index is 1090. The number of nitrogens with two attached hydrogens (primary N) is 1. The first-order chi connectivity index (χ1) is 15.0. The smallest absolute Gasteiger partial charge is 0.255 e. The number of hydrogen-bond acceptors (Lipinski definition) is 5. The summed E-state index contributed by atoms with van der Waals surface area (Å²) in [4.78, 5) is 15.0. The van der Waals surface area contributed by atoms with Crippen LogP contribution in [0.1, 0.15) is 15.9 Å². The number of halogens is 1. The van der Waals surface area contributed by atoms with Gasteiger partial charge in [0.1, 0.15) is 5.75 Å². The number of rotatable bonds is 6. The van der Waals surface area contributed by atoms with Crippen LogP contribution in [0.4, 0.5) is 5.69 Å². The predicted octanol–water partition coefficient (Wildman–Crippen LogP) is 3.71. The van der Waals surface area contributed by atoms with E-state index in [1.807, 2.05) is 0 Å². The number of nitrogen functional groups attached to an aromatic ring is 1. The highest BCUT2D eigenvalue weighted by molar-refractivity contribution is 6.33. The van der Waals surface area contributed by atoms with Crippen molar-refractivity contribution in [3.05, 3.63) is 70.7 Å². The monoisotopic (exact) mass is 439 g/mol. The van der Waals surface area contributed by atoms with Crippen LogP contribution in [0.5, 0.6) is 5.75 Å². The number of nitrogens with zero attached hydrogens (tertiary/aromatic N) is 1. The van der Waals surface area contributed by atoms with Gasteiger partial charge in [-0.3, -0.25) is 9.69 Å². The Hall–Kier alpha value is -2.80. The second-order valence-corrected chi connectivity index (χ2v) is 8.10. The summed E-state index contributed by atoms with van der Waals surface area (Å²) >= 11 is 6.08. The zero-order valence-electron chi connectivity index (χ0n) is 17.4. The van der Waals surface area contributed by atoms with Gasteiger partial charge in [0.05, 0.1) is 36.1 Å². The molecular formula is C24H26ClN3O3. The Balaban J connectivity index is 1.35. The number of methoxy groups -OCH3 is 1. The summed E-state index contributed by atoms with van der Waals surface area (Å²) in [6, 6.07) is 18.0. The zero-order valence-corrected chi connectivity index (χ0v) is 18.2. The van der Waals surface area contributed by atoms with Crippen LogP contribution < -0.4 is 15.8 Å². The molecule has 0 aromatic heterocycles. The fraction of sp³-hybridized carbons (Fsp3) is 0.292. The summed E-state index contributed by atoms with van der Waals surface area (Å²) in [5.74, 6) is 0.121. The summed E-state index contributed by atoms with van der Waals surface area (Å²) in [6.45, 7) is 3.48. The molecule has 1 heterocycles. The number of ether oxygens (including phenoxy) is 2. The van der Waals surface area contributed by atoms with Gasteiger partial charge in [-0.15, -0.1) is 0 Å². The molecule has 1 aliphatic heterocycles. The average Bonchev–Trinajstić information content (AvgIpc) is 2.79. The molecule has 1 atom stereocenters. The molecule has 31 heavy (non-hydrogen) atoms. The lowest BCUT2D eigenvalue weighted by atomic mass is 10.1. The standard InChI is InChI=1S/C24H26ClN3O3/c1-30-23-12-22(26)21(25)11-20(23)24(29)27-13-19-15-28(8-9-31-19)14-16-6-7-17-4-2-3-5-18(17)10-16/h2-7,10-12,19H,8-9,13-15,26H2,1H3,(H,27,29). The Kier molecular flexibility index (Phi) is 6.61. The van der Waals surface area contributed by atoms with Crippen LogP contribution in [-0.4, -0.2) is 50.3 Å². The number of anilines is 1. The van der Waals surface area contributed by atoms with E-state index in [0.717, 1.165) is 19.6 Å². The number of nitrogens with one attached hydrogen (secondary N) is 1. The Morgan fingerprint density at radius 3 is 2.84 bits per heavy atom. The number of fused-ring (bicyclic) bond motifs is 1. The van der Waals surface area contributed by atoms with Gasteiger partial charge in [-0.1, -0.05) is 48.0 Å². The minimum Gasteiger partial charge on any atom is -0.496 e. The highest BCUT2D eigenvalue weighted by Gasteiger charge is 2.22. The van der Waals surface area contributed by atoms with Gasteiger partial charge in [-0.2, -0.15) is 0 Å². The van der Waals surface area contributed by atoms with Crippen LogP contribution in [-0.2, 0) is 11.3 Å². The number of amides is 1. The van der Waals surface area contributed by atoms with Crippen molar-refractivity contribution in [3.63, 3.8) is 0 Å². The first kappa shape index (κ1) is 21.4. The highest BCUT2D eigenvalue weighted by Crippen LogP contribution is 2.28. The number of morpholine rings is 1. The maximum atomic E-state index is 12.7. The quantitative estimate of drug-likeness (QED) is 0.572. The maximum absolute atomic E-state index is 12.7. The van der Waals surface area contributed by atoms with Crippen LogP contribution in [0, 0.1) is 0 Å². The van der Waals surface area contributed by atoms with Gasteiger partial charge in [0.25, 0.3) is 5.91 Å². The summed E-state index contributed by atoms with van der Waals surface area (Å²) < 4.78 is 11.1. The molecule has 3 N–H and O–H groups in total. The molecular weight excluding hydrogens is 414 g/mol. The third kappa shape index (κ3) is 5.10. The van der Waals surface area contributed by atoms with Gasteiger partial charge in [-0.25, -0.2) is 0 Å². The molecule has 1 amide bonds. The van der Waals surface area contributed by atoms with Crippen molar-refractivity contribution in [2.24, 2.45) is 0 Å². The molecule has 7 heteroatoms. The van der Waals surface area contributed by atoms with Crippen molar-refractivity contribution in [2.45, 2.75) is 12.6 Å². The van der Waals surface area contributed by atoms with Crippen molar-refractivity contribution in [1.82, 2.24) is 10.2 Å². The van der Waals surface area contributed by atoms with E-state index in [2.05, 4.69) is 52.7 Å². The second kappa shape index (κ2) is 9.56. The van der Waals surface area contributed by atoms with Crippen molar-refractivity contribution >= 4 is 34.0 Å². The predicted molar refractivity (Wildman–Crippen MR) is 124 cm³/mol. The Labute approximate surface area is 186 Å². The van der Waals surface area contributed by atoms with Gasteiger partial charge in [0.15, 0.2) is 0 Å². The molecule has 1 fully saturated rings. The number of carbonyl (C=O) groups is 1. The molecule has 162 valence electrons. The van der Waals surface area contributed by atoms with E-state index in [4.69, 9.17) is 26.8 Å². The van der Waals surface area contributed by atoms with Crippen LogP contribution in [0.2, 0.25) is 5.02 Å². The van der Waals surface area contributed by atoms with Gasteiger partial charge < -0.3 is 20.5 Å². The molecule has 3 aromatic carbocycles. The van der Waals surface area contributed by atoms with Crippen molar-refractivity contribution < 1.29 is 14.3 Å². The molecule has 1 saturated heterocycles. The minimum absolute atomic E-state index is 0.0894. The van der Waals surface area contributed by atoms with Gasteiger partial charge in [0, 0.05) is 32.2 Å². The lowest BCUT2D eigenvalue weighted by Gasteiger charge is -2.33. The van der Waals surface area contributed by atoms with Gasteiger partial charge in [-0.05, 0) is 28.5 Å². The molecule has 6 nitrogen and oxygen atoms in total. The third-order valence-corrected chi connectivity index (χ3v) is 5.82. The summed E-state index contributed by atoms with van der Waals surface area (Å²) in [5, 5.41) is 5.74. The van der Waals surface area contributed by atoms with Crippen molar-refractivity contribution in [3.8, 4) is 5.75 Å². The van der Waals surface area contributed by atoms with Crippen LogP contribution in [0.3, 0.4) is 0 Å². The fourth-order valence-electron chi connectivity index (χ4n) is 3.86. The molecule has 0 saturated carbocycles. The summed E-state index contributed by atoms with van der Waals surface area (Å²) in [5.41, 5.74) is 7.79. The van der Waals surface area contributed by atoms with E-state index < -0.39 is 0 Å². The summed E-state index contributed by atoms with van der Waals surface area (Å²) in [7, 11) is 1.49. The number of hydrogen-bond donors (Lipinski definition) is 2. The maximum Gasteiger partial charge on any atom is 0.255 e. The van der Waals surface area contributed by atoms with E-state index in [-0.39, 0.29) is 12.0 Å². The van der Waals surface area contributed by atoms with E-state index in [9.17, 15) is 4.79 Å². The van der Waals surface area contributed by atoms with Crippen LogP contribution in [0.15, 0.2) is 54.6 Å². The van der Waals surface area contributed by atoms with E-state index in [1.165, 1.54) is 29.5 Å². The molecule has 3 aromatic rings. The van der Waals surface area contributed by atoms with E-state index >= 15 is 0 Å². The largest absolute Gasteiger partial charge is 0.496 e. The molecule has 4 rings (SSSR count). The normalized spacial score (nSPS) is 16.9. The first-order valence-electron chi connectivity index (χ1n) is 10.3. The fourth-order valence-corrected chi connectivity index (χ4v) is 4.02. The van der Waals surface area contributed by atoms with Crippen LogP contribution >= 0.6 is 11.6 Å². The highest BCUT2D eigenvalue weighted by atomic mass is 35.5. The Morgan fingerprint density at radius 1 is 1.23 bits per heavy atom. The first-order valence-corrected chi connectivity index (χ1v) is 10.6. The molecule has 0 aliphatic carbocycles. The Morgan fingerprint density at radius 2 is 2.03 bits per heavy atom. The van der Waals surface area contributed by atoms with E-state index in [1.54, 1.807) is 6.07 Å². The van der Waals surface area contributed by atoms with Gasteiger partial charge >= 0.3 is 0 Å². The summed E-state index contributed by atoms with van der Waals surface area (Å²) in [6.07, 6.45) is -0.0894. The van der Waals surface area contributed by atoms with E-state index in [0.29, 0.717) is 35.2 Å². The lowest BCUT2D eigenvalue weighted by Crippen LogP contribution is -2.47. The SMILES string of the molecule is COc1cc(N)c(Cl)cc1C(=O)NCC1CN(Cc2ccc3ccccc3c2)CCO1. The topological polar surface area (TPSA) is 76.8 Å². The average molecular weight is 440 g/mol. The zero-order chi connectivity index (χ0) is 21.8. The molecule has 0 bridgehead atoms. The van der Waals surface area contributed by atoms with Crippen molar-refractivity contribution in [1.29, 1.82) is 0 Å². The minimum atomic E-state index is -0.269. The van der Waals surface area contributed by atoms with Crippen LogP contribution in [0.25, 0.3) is 10.8 Å². The second-order valence-electron chi connectivity index (χ2n) is 7.69.